The first kappa shape index (κ1) is 26.0. The van der Waals surface area contributed by atoms with Crippen molar-refractivity contribution in [2.45, 2.75) is 62.9 Å². The van der Waals surface area contributed by atoms with E-state index in [4.69, 9.17) is 0 Å². The first-order chi connectivity index (χ1) is 20.0. The lowest BCUT2D eigenvalue weighted by molar-refractivity contribution is -0.136. The number of carbonyl (C=O) groups excluding carboxylic acids is 3. The van der Waals surface area contributed by atoms with Crippen molar-refractivity contribution in [1.82, 2.24) is 20.0 Å². The summed E-state index contributed by atoms with van der Waals surface area (Å²) in [5.74, 6) is -1.52. The Balaban J connectivity index is 1.09. The first-order valence-electron chi connectivity index (χ1n) is 14.5. The maximum atomic E-state index is 15.9. The van der Waals surface area contributed by atoms with Gasteiger partial charge in [-0.2, -0.15) is 0 Å². The van der Waals surface area contributed by atoms with E-state index in [9.17, 15) is 14.4 Å². The summed E-state index contributed by atoms with van der Waals surface area (Å²) in [6.07, 6.45) is 2.66. The molecule has 2 bridgehead atoms. The van der Waals surface area contributed by atoms with Crippen LogP contribution in [0.15, 0.2) is 72.8 Å². The molecule has 0 saturated carbocycles. The molecule has 8 heteroatoms. The van der Waals surface area contributed by atoms with Gasteiger partial charge in [-0.1, -0.05) is 66.7 Å². The molecule has 0 aliphatic carbocycles. The average molecular weight is 553 g/mol. The summed E-state index contributed by atoms with van der Waals surface area (Å²) < 4.78 is 15.9. The number of likely N-dealkylation sites (tertiary alicyclic amines) is 1. The summed E-state index contributed by atoms with van der Waals surface area (Å²) in [6, 6.07) is 25.0. The second-order valence-corrected chi connectivity index (χ2v) is 11.7. The molecule has 0 spiro atoms. The highest BCUT2D eigenvalue weighted by Gasteiger charge is 2.45. The van der Waals surface area contributed by atoms with Gasteiger partial charge in [0.25, 0.3) is 5.91 Å². The standard InChI is InChI=1S/C33H33FN4O3/c34-30-23(11-14-26-27(30)20-37(33(26)41)28-15-16-29(39)35-32(28)40)17-36-18-24-12-13-25(19-36)38(24)31(21-7-3-1-4-8-21)22-9-5-2-6-10-22/h1-11,14,24-25,28,31H,12-13,15-20H2,(H,35,39,40). The van der Waals surface area contributed by atoms with Crippen molar-refractivity contribution in [3.05, 3.63) is 106 Å². The molecule has 41 heavy (non-hydrogen) atoms. The summed E-state index contributed by atoms with van der Waals surface area (Å²) in [5, 5.41) is 2.30. The van der Waals surface area contributed by atoms with Crippen molar-refractivity contribution >= 4 is 17.7 Å². The summed E-state index contributed by atoms with van der Waals surface area (Å²) in [4.78, 5) is 43.5. The highest BCUT2D eigenvalue weighted by atomic mass is 19.1. The number of fused-ring (bicyclic) bond motifs is 3. The lowest BCUT2D eigenvalue weighted by Gasteiger charge is -2.45. The molecule has 3 unspecified atom stereocenters. The molecule has 4 heterocycles. The number of piperazine rings is 1. The smallest absolute Gasteiger partial charge is 0.255 e. The molecule has 3 aromatic rings. The van der Waals surface area contributed by atoms with E-state index < -0.39 is 11.9 Å². The monoisotopic (exact) mass is 552 g/mol. The van der Waals surface area contributed by atoms with Crippen LogP contribution in [0.1, 0.15) is 64.3 Å². The van der Waals surface area contributed by atoms with Gasteiger partial charge in [-0.3, -0.25) is 29.5 Å². The molecule has 3 saturated heterocycles. The fourth-order valence-corrected chi connectivity index (χ4v) is 7.40. The molecule has 4 aliphatic heterocycles. The average Bonchev–Trinajstić information content (AvgIpc) is 3.44. The Morgan fingerprint density at radius 1 is 0.829 bits per heavy atom. The Labute approximate surface area is 238 Å². The Kier molecular flexibility index (Phi) is 6.67. The van der Waals surface area contributed by atoms with Crippen LogP contribution in [0.2, 0.25) is 0 Å². The number of imide groups is 1. The van der Waals surface area contributed by atoms with Crippen molar-refractivity contribution in [1.29, 1.82) is 0 Å². The van der Waals surface area contributed by atoms with E-state index >= 15 is 4.39 Å². The van der Waals surface area contributed by atoms with Gasteiger partial charge in [0.1, 0.15) is 11.9 Å². The topological polar surface area (TPSA) is 73.0 Å². The maximum absolute atomic E-state index is 15.9. The lowest BCUT2D eigenvalue weighted by atomic mass is 9.94. The van der Waals surface area contributed by atoms with Crippen molar-refractivity contribution in [2.75, 3.05) is 13.1 Å². The molecule has 1 N–H and O–H groups in total. The second kappa shape index (κ2) is 10.5. The van der Waals surface area contributed by atoms with Gasteiger partial charge < -0.3 is 4.90 Å². The molecular weight excluding hydrogens is 519 g/mol. The summed E-state index contributed by atoms with van der Waals surface area (Å²) in [7, 11) is 0. The van der Waals surface area contributed by atoms with Crippen LogP contribution < -0.4 is 5.32 Å². The number of hydrogen-bond donors (Lipinski definition) is 1. The number of carbonyl (C=O) groups is 3. The van der Waals surface area contributed by atoms with E-state index in [0.29, 0.717) is 35.3 Å². The third kappa shape index (κ3) is 4.65. The number of piperidine rings is 1. The van der Waals surface area contributed by atoms with Crippen LogP contribution in [0.3, 0.4) is 0 Å². The molecule has 7 rings (SSSR count). The van der Waals surface area contributed by atoms with Gasteiger partial charge in [0.2, 0.25) is 11.8 Å². The molecule has 3 aromatic carbocycles. The summed E-state index contributed by atoms with van der Waals surface area (Å²) >= 11 is 0. The maximum Gasteiger partial charge on any atom is 0.255 e. The van der Waals surface area contributed by atoms with Crippen molar-refractivity contribution in [3.8, 4) is 0 Å². The molecule has 0 aromatic heterocycles. The number of nitrogens with zero attached hydrogens (tertiary/aromatic N) is 3. The highest BCUT2D eigenvalue weighted by molar-refractivity contribution is 6.05. The van der Waals surface area contributed by atoms with Gasteiger partial charge in [0, 0.05) is 54.8 Å². The molecular formula is C33H33FN4O3. The van der Waals surface area contributed by atoms with E-state index in [2.05, 4.69) is 75.8 Å². The van der Waals surface area contributed by atoms with E-state index in [0.717, 1.165) is 25.9 Å². The number of nitrogens with one attached hydrogen (secondary N) is 1. The van der Waals surface area contributed by atoms with Crippen LogP contribution in [0.4, 0.5) is 4.39 Å². The molecule has 4 aliphatic rings. The summed E-state index contributed by atoms with van der Waals surface area (Å²) in [6.45, 7) is 2.23. The minimum absolute atomic E-state index is 0.0506. The number of hydrogen-bond acceptors (Lipinski definition) is 5. The normalized spacial score (nSPS) is 24.7. The Morgan fingerprint density at radius 3 is 2.07 bits per heavy atom. The zero-order valence-corrected chi connectivity index (χ0v) is 22.8. The van der Waals surface area contributed by atoms with Crippen LogP contribution in [0, 0.1) is 5.82 Å². The Morgan fingerprint density at radius 2 is 1.46 bits per heavy atom. The number of halogens is 1. The largest absolute Gasteiger partial charge is 0.322 e. The first-order valence-corrected chi connectivity index (χ1v) is 14.5. The molecule has 3 amide bonds. The fraction of sp³-hybridized carbons (Fsp3) is 0.364. The fourth-order valence-electron chi connectivity index (χ4n) is 7.40. The molecule has 0 radical (unpaired) electrons. The van der Waals surface area contributed by atoms with Crippen LogP contribution in [-0.2, 0) is 22.7 Å². The van der Waals surface area contributed by atoms with Gasteiger partial charge in [-0.25, -0.2) is 4.39 Å². The number of benzene rings is 3. The molecule has 3 fully saturated rings. The van der Waals surface area contributed by atoms with Crippen LogP contribution in [0.25, 0.3) is 0 Å². The molecule has 3 atom stereocenters. The SMILES string of the molecule is O=C1CCC(N2Cc3c(ccc(CN4CC5CCC(C4)N5C(c4ccccc4)c4ccccc4)c3F)C2=O)C(=O)N1. The predicted molar refractivity (Wildman–Crippen MR) is 151 cm³/mol. The van der Waals surface area contributed by atoms with Gasteiger partial charge in [0.05, 0.1) is 12.6 Å². The highest BCUT2D eigenvalue weighted by Crippen LogP contribution is 2.41. The van der Waals surface area contributed by atoms with E-state index in [1.165, 1.54) is 16.0 Å². The summed E-state index contributed by atoms with van der Waals surface area (Å²) in [5.41, 5.74) is 3.83. The second-order valence-electron chi connectivity index (χ2n) is 11.7. The van der Waals surface area contributed by atoms with Gasteiger partial charge in [0.15, 0.2) is 0 Å². The molecule has 210 valence electrons. The minimum atomic E-state index is -0.749. The zero-order valence-electron chi connectivity index (χ0n) is 22.8. The van der Waals surface area contributed by atoms with E-state index in [-0.39, 0.29) is 43.1 Å². The zero-order chi connectivity index (χ0) is 28.1. The van der Waals surface area contributed by atoms with E-state index in [1.54, 1.807) is 12.1 Å². The van der Waals surface area contributed by atoms with Gasteiger partial charge in [-0.05, 0) is 36.5 Å². The van der Waals surface area contributed by atoms with Crippen molar-refractivity contribution in [3.63, 3.8) is 0 Å². The minimum Gasteiger partial charge on any atom is -0.322 e. The Bertz CT molecular complexity index is 1440. The van der Waals surface area contributed by atoms with Gasteiger partial charge >= 0.3 is 0 Å². The number of rotatable bonds is 6. The lowest BCUT2D eigenvalue weighted by Crippen LogP contribution is -2.54. The van der Waals surface area contributed by atoms with Crippen LogP contribution in [0.5, 0.6) is 0 Å². The Hall–Kier alpha value is -3.88. The molecule has 7 nitrogen and oxygen atoms in total. The van der Waals surface area contributed by atoms with Crippen LogP contribution >= 0.6 is 0 Å². The van der Waals surface area contributed by atoms with E-state index in [1.807, 2.05) is 0 Å². The van der Waals surface area contributed by atoms with Crippen molar-refractivity contribution < 1.29 is 18.8 Å². The third-order valence-electron chi connectivity index (χ3n) is 9.27. The van der Waals surface area contributed by atoms with Crippen molar-refractivity contribution in [2.24, 2.45) is 0 Å². The third-order valence-corrected chi connectivity index (χ3v) is 9.27. The van der Waals surface area contributed by atoms with Crippen LogP contribution in [-0.4, -0.2) is 63.6 Å². The van der Waals surface area contributed by atoms with Gasteiger partial charge in [-0.15, -0.1) is 0 Å². The number of amides is 3. The quantitative estimate of drug-likeness (QED) is 0.468. The predicted octanol–water partition coefficient (Wildman–Crippen LogP) is 4.02.